The molecule has 0 unspecified atom stereocenters. The summed E-state index contributed by atoms with van der Waals surface area (Å²) in [4.78, 5) is 0. The molecule has 0 saturated carbocycles. The molecule has 79 heavy (non-hydrogen) atoms. The van der Waals surface area contributed by atoms with Crippen molar-refractivity contribution in [3.05, 3.63) is 255 Å². The third-order valence-corrected chi connectivity index (χ3v) is 18.0. The number of thiophene rings is 1. The van der Waals surface area contributed by atoms with E-state index in [1.165, 1.54) is 68.8 Å². The van der Waals surface area contributed by atoms with Crippen LogP contribution < -0.4 is 0 Å². The van der Waals surface area contributed by atoms with Crippen LogP contribution in [0.5, 0.6) is 0 Å². The quantitative estimate of drug-likeness (QED) is 0.172. The van der Waals surface area contributed by atoms with Gasteiger partial charge >= 0.3 is 0 Å². The molecule has 0 radical (unpaired) electrons. The number of fused-ring (bicyclic) bond motifs is 19. The Morgan fingerprint density at radius 2 is 0.924 bits per heavy atom. The van der Waals surface area contributed by atoms with E-state index in [-0.39, 0.29) is 0 Å². The summed E-state index contributed by atoms with van der Waals surface area (Å²) >= 11 is 1.86. The first-order valence-electron chi connectivity index (χ1n) is 27.0. The first-order chi connectivity index (χ1) is 39.1. The van der Waals surface area contributed by atoms with E-state index in [1.54, 1.807) is 0 Å². The molecule has 18 aromatic rings. The SMILES string of the molecule is c1ccc2c(c1)ccc1c2c2cc(-c3cccc4c3oc3ccccc34)ccc2n1-c1cc(-c2ccc3c4ccccc4n(-c4ccc5sc6ccccc6c5c4)c3c2)cc(-c2cc3oc4ccccc4c3c3ccccc23)c1. The average molecular weight is 1020 g/mol. The highest BCUT2D eigenvalue weighted by Crippen LogP contribution is 2.46. The Labute approximate surface area is 455 Å². The minimum Gasteiger partial charge on any atom is -0.456 e. The fraction of sp³-hybridized carbons (Fsp3) is 0. The molecule has 0 atom stereocenters. The third-order valence-electron chi connectivity index (χ3n) is 16.9. The monoisotopic (exact) mass is 1020 g/mol. The van der Waals surface area contributed by atoms with Gasteiger partial charge in [-0.05, 0) is 140 Å². The predicted molar refractivity (Wildman–Crippen MR) is 334 cm³/mol. The van der Waals surface area contributed by atoms with Gasteiger partial charge < -0.3 is 18.0 Å². The van der Waals surface area contributed by atoms with E-state index in [4.69, 9.17) is 8.83 Å². The van der Waals surface area contributed by atoms with E-state index in [9.17, 15) is 0 Å². The molecule has 0 N–H and O–H groups in total. The zero-order valence-electron chi connectivity index (χ0n) is 42.4. The fourth-order valence-electron chi connectivity index (χ4n) is 13.4. The van der Waals surface area contributed by atoms with Gasteiger partial charge in [0.15, 0.2) is 0 Å². The van der Waals surface area contributed by atoms with Crippen molar-refractivity contribution in [2.45, 2.75) is 0 Å². The first-order valence-corrected chi connectivity index (χ1v) is 27.8. The molecule has 0 fully saturated rings. The van der Waals surface area contributed by atoms with Crippen molar-refractivity contribution >= 4 is 141 Å². The topological polar surface area (TPSA) is 36.1 Å². The molecular weight excluding hydrogens is 981 g/mol. The van der Waals surface area contributed by atoms with Gasteiger partial charge in [-0.25, -0.2) is 0 Å². The van der Waals surface area contributed by atoms with Crippen LogP contribution in [0.15, 0.2) is 264 Å². The second-order valence-electron chi connectivity index (χ2n) is 21.1. The number of hydrogen-bond acceptors (Lipinski definition) is 3. The molecule has 0 spiro atoms. The normalized spacial score (nSPS) is 12.3. The van der Waals surface area contributed by atoms with Gasteiger partial charge in [-0.3, -0.25) is 0 Å². The van der Waals surface area contributed by atoms with Gasteiger partial charge in [0.05, 0.1) is 22.1 Å². The van der Waals surface area contributed by atoms with Crippen LogP contribution in [0, 0.1) is 0 Å². The summed E-state index contributed by atoms with van der Waals surface area (Å²) in [6.45, 7) is 0. The summed E-state index contributed by atoms with van der Waals surface area (Å²) in [5.74, 6) is 0. The molecule has 4 nitrogen and oxygen atoms in total. The van der Waals surface area contributed by atoms with Crippen LogP contribution in [-0.4, -0.2) is 9.13 Å². The van der Waals surface area contributed by atoms with Crippen LogP contribution in [0.3, 0.4) is 0 Å². The Balaban J connectivity index is 0.919. The second kappa shape index (κ2) is 16.2. The number of furan rings is 2. The van der Waals surface area contributed by atoms with E-state index in [1.807, 2.05) is 17.4 Å². The van der Waals surface area contributed by atoms with E-state index >= 15 is 0 Å². The van der Waals surface area contributed by atoms with E-state index in [2.05, 4.69) is 258 Å². The van der Waals surface area contributed by atoms with Gasteiger partial charge in [0.2, 0.25) is 0 Å². The summed E-state index contributed by atoms with van der Waals surface area (Å²) in [6.07, 6.45) is 0. The van der Waals surface area contributed by atoms with Crippen LogP contribution in [-0.2, 0) is 0 Å². The molecule has 0 amide bonds. The van der Waals surface area contributed by atoms with Gasteiger partial charge in [-0.1, -0.05) is 164 Å². The van der Waals surface area contributed by atoms with Crippen LogP contribution in [0.25, 0.3) is 174 Å². The number of hydrogen-bond donors (Lipinski definition) is 0. The molecule has 0 saturated heterocycles. The number of aromatic nitrogens is 2. The summed E-state index contributed by atoms with van der Waals surface area (Å²) in [6, 6.07) is 93.6. The largest absolute Gasteiger partial charge is 0.456 e. The summed E-state index contributed by atoms with van der Waals surface area (Å²) < 4.78 is 21.0. The fourth-order valence-corrected chi connectivity index (χ4v) is 14.5. The van der Waals surface area contributed by atoms with E-state index in [0.717, 1.165) is 105 Å². The molecule has 0 aliphatic heterocycles. The Morgan fingerprint density at radius 1 is 0.266 bits per heavy atom. The zero-order valence-corrected chi connectivity index (χ0v) is 43.2. The lowest BCUT2D eigenvalue weighted by Crippen LogP contribution is -1.97. The molecule has 0 aliphatic carbocycles. The number of nitrogens with zero attached hydrogens (tertiary/aromatic N) is 2. The van der Waals surface area contributed by atoms with E-state index in [0.29, 0.717) is 0 Å². The van der Waals surface area contributed by atoms with Crippen molar-refractivity contribution in [3.63, 3.8) is 0 Å². The Hall–Kier alpha value is -10.2. The van der Waals surface area contributed by atoms with Gasteiger partial charge in [-0.2, -0.15) is 0 Å². The highest BCUT2D eigenvalue weighted by Gasteiger charge is 2.22. The molecular formula is C74H42N2O2S. The van der Waals surface area contributed by atoms with Crippen LogP contribution in [0.1, 0.15) is 0 Å². The molecule has 0 aliphatic rings. The van der Waals surface area contributed by atoms with Gasteiger partial charge in [0.1, 0.15) is 22.3 Å². The molecule has 0 bridgehead atoms. The maximum atomic E-state index is 6.75. The molecule has 366 valence electrons. The molecule has 5 heteroatoms. The van der Waals surface area contributed by atoms with Crippen LogP contribution in [0.4, 0.5) is 0 Å². The van der Waals surface area contributed by atoms with Gasteiger partial charge in [0, 0.05) is 80.2 Å². The summed E-state index contributed by atoms with van der Waals surface area (Å²) in [7, 11) is 0. The third kappa shape index (κ3) is 6.19. The maximum absolute atomic E-state index is 6.75. The number of para-hydroxylation sites is 4. The molecule has 13 aromatic carbocycles. The number of rotatable bonds is 5. The minimum atomic E-state index is 0.874. The van der Waals surface area contributed by atoms with Crippen molar-refractivity contribution in [1.29, 1.82) is 0 Å². The highest BCUT2D eigenvalue weighted by molar-refractivity contribution is 7.25. The Kier molecular flexibility index (Phi) is 8.79. The predicted octanol–water partition coefficient (Wildman–Crippen LogP) is 21.4. The molecule has 5 aromatic heterocycles. The van der Waals surface area contributed by atoms with Gasteiger partial charge in [-0.15, -0.1) is 11.3 Å². The molecule has 18 rings (SSSR count). The Bertz CT molecular complexity index is 5640. The lowest BCUT2D eigenvalue weighted by Gasteiger charge is -2.16. The van der Waals surface area contributed by atoms with Crippen molar-refractivity contribution in [3.8, 4) is 44.8 Å². The van der Waals surface area contributed by atoms with E-state index < -0.39 is 0 Å². The minimum absolute atomic E-state index is 0.874. The summed E-state index contributed by atoms with van der Waals surface area (Å²) in [5, 5.41) is 16.7. The zero-order chi connectivity index (χ0) is 51.4. The van der Waals surface area contributed by atoms with Crippen LogP contribution in [0.2, 0.25) is 0 Å². The smallest absolute Gasteiger partial charge is 0.143 e. The lowest BCUT2D eigenvalue weighted by atomic mass is 9.92. The number of benzene rings is 13. The highest BCUT2D eigenvalue weighted by atomic mass is 32.1. The van der Waals surface area contributed by atoms with Crippen molar-refractivity contribution < 1.29 is 8.83 Å². The van der Waals surface area contributed by atoms with Crippen molar-refractivity contribution in [2.75, 3.05) is 0 Å². The Morgan fingerprint density at radius 3 is 1.82 bits per heavy atom. The average Bonchev–Trinajstić information content (AvgIpc) is 4.45. The van der Waals surface area contributed by atoms with Crippen molar-refractivity contribution in [1.82, 2.24) is 9.13 Å². The first kappa shape index (κ1) is 43.0. The maximum Gasteiger partial charge on any atom is 0.143 e. The summed E-state index contributed by atoms with van der Waals surface area (Å²) in [5.41, 5.74) is 17.0. The lowest BCUT2D eigenvalue weighted by molar-refractivity contribution is 0.669. The van der Waals surface area contributed by atoms with Crippen LogP contribution >= 0.6 is 11.3 Å². The van der Waals surface area contributed by atoms with Gasteiger partial charge in [0.25, 0.3) is 0 Å². The second-order valence-corrected chi connectivity index (χ2v) is 22.2. The molecule has 5 heterocycles. The standard InChI is InChI=1S/C74H42N2O2S/c1-2-15-50-43(14-1)29-34-65-72(50)62-39-45(51-22-13-23-58-55-18-6-10-25-67(55)78-74(51)58)30-33-64(62)76(65)49-37-46(36-47(38-49)60-42-69-73(57-20-4-3-16-52(57)60)59-21-7-11-26-68(59)77-69)44-28-32-54-53-17-5-9-24-63(53)75(66(54)40-44)48-31-35-71-61(41-48)56-19-8-12-27-70(56)79-71/h1-42H. The van der Waals surface area contributed by atoms with Crippen molar-refractivity contribution in [2.24, 2.45) is 0 Å².